The monoisotopic (exact) mass is 240 g/mol. The molecule has 1 heterocycles. The minimum absolute atomic E-state index is 0.524. The van der Waals surface area contributed by atoms with Crippen LogP contribution in [0.2, 0.25) is 0 Å². The van der Waals surface area contributed by atoms with E-state index in [0.29, 0.717) is 18.2 Å². The van der Waals surface area contributed by atoms with Crippen molar-refractivity contribution in [2.24, 2.45) is 0 Å². The van der Waals surface area contributed by atoms with Crippen LogP contribution < -0.4 is 5.32 Å². The first kappa shape index (κ1) is 13.3. The third-order valence-electron chi connectivity index (χ3n) is 4.10. The van der Waals surface area contributed by atoms with Crippen molar-refractivity contribution in [1.82, 2.24) is 10.2 Å². The van der Waals surface area contributed by atoms with Gasteiger partial charge in [-0.25, -0.2) is 0 Å². The van der Waals surface area contributed by atoms with Gasteiger partial charge in [0.1, 0.15) is 0 Å². The van der Waals surface area contributed by atoms with Gasteiger partial charge in [0, 0.05) is 25.2 Å². The number of hydrogen-bond acceptors (Lipinski definition) is 3. The molecule has 3 heteroatoms. The summed E-state index contributed by atoms with van der Waals surface area (Å²) >= 11 is 0. The maximum Gasteiger partial charge on any atom is 0.0730 e. The topological polar surface area (TPSA) is 24.5 Å². The first-order valence-electron chi connectivity index (χ1n) is 7.40. The van der Waals surface area contributed by atoms with E-state index in [9.17, 15) is 0 Å². The van der Waals surface area contributed by atoms with Crippen LogP contribution in [-0.4, -0.2) is 49.3 Å². The van der Waals surface area contributed by atoms with Crippen molar-refractivity contribution in [3.63, 3.8) is 0 Å². The minimum atomic E-state index is 0.524. The molecule has 0 aromatic carbocycles. The molecular weight excluding hydrogens is 212 g/mol. The van der Waals surface area contributed by atoms with Gasteiger partial charge in [0.2, 0.25) is 0 Å². The summed E-state index contributed by atoms with van der Waals surface area (Å²) in [5.41, 5.74) is 0. The van der Waals surface area contributed by atoms with E-state index in [4.69, 9.17) is 4.74 Å². The molecule has 2 aliphatic rings. The van der Waals surface area contributed by atoms with Crippen molar-refractivity contribution in [3.8, 4) is 0 Å². The van der Waals surface area contributed by atoms with Gasteiger partial charge in [-0.1, -0.05) is 19.8 Å². The number of fused-ring (bicyclic) bond motifs is 1. The number of nitrogens with one attached hydrogen (secondary N) is 1. The molecule has 0 amide bonds. The van der Waals surface area contributed by atoms with Crippen molar-refractivity contribution in [1.29, 1.82) is 0 Å². The standard InChI is InChI=1S/C14H28N2O/c1-3-8-15-12(2)11-16-9-10-17-14-7-5-4-6-13(14)16/h12-15H,3-11H2,1-2H3. The van der Waals surface area contributed by atoms with E-state index >= 15 is 0 Å². The molecule has 0 spiro atoms. The summed E-state index contributed by atoms with van der Waals surface area (Å²) in [5, 5.41) is 3.59. The fourth-order valence-corrected chi connectivity index (χ4v) is 3.21. The van der Waals surface area contributed by atoms with E-state index in [0.717, 1.165) is 19.7 Å². The Morgan fingerprint density at radius 2 is 2.18 bits per heavy atom. The molecule has 100 valence electrons. The highest BCUT2D eigenvalue weighted by molar-refractivity contribution is 4.88. The predicted molar refractivity (Wildman–Crippen MR) is 71.3 cm³/mol. The summed E-state index contributed by atoms with van der Waals surface area (Å²) in [6.45, 7) is 8.92. The maximum absolute atomic E-state index is 5.91. The molecule has 3 unspecified atom stereocenters. The van der Waals surface area contributed by atoms with E-state index in [2.05, 4.69) is 24.1 Å². The van der Waals surface area contributed by atoms with Crippen molar-refractivity contribution in [2.75, 3.05) is 26.2 Å². The molecule has 2 fully saturated rings. The highest BCUT2D eigenvalue weighted by Crippen LogP contribution is 2.28. The summed E-state index contributed by atoms with van der Waals surface area (Å²) in [4.78, 5) is 2.67. The normalized spacial score (nSPS) is 32.1. The maximum atomic E-state index is 5.91. The molecule has 0 aromatic heterocycles. The van der Waals surface area contributed by atoms with Crippen molar-refractivity contribution >= 4 is 0 Å². The summed E-state index contributed by atoms with van der Waals surface area (Å²) in [6.07, 6.45) is 7.11. The lowest BCUT2D eigenvalue weighted by molar-refractivity contribution is -0.0897. The molecule has 0 bridgehead atoms. The smallest absolute Gasteiger partial charge is 0.0730 e. The Balaban J connectivity index is 1.81. The van der Waals surface area contributed by atoms with Crippen LogP contribution in [0.1, 0.15) is 46.0 Å². The predicted octanol–water partition coefficient (Wildman–Crippen LogP) is 2.02. The zero-order valence-electron chi connectivity index (χ0n) is 11.5. The fourth-order valence-electron chi connectivity index (χ4n) is 3.21. The van der Waals surface area contributed by atoms with Gasteiger partial charge in [0.15, 0.2) is 0 Å². The average Bonchev–Trinajstić information content (AvgIpc) is 2.37. The SMILES string of the molecule is CCCNC(C)CN1CCOC2CCCCC21. The molecule has 1 saturated carbocycles. The Kier molecular flexibility index (Phi) is 5.26. The van der Waals surface area contributed by atoms with Gasteiger partial charge >= 0.3 is 0 Å². The lowest BCUT2D eigenvalue weighted by atomic mass is 9.90. The molecule has 1 aliphatic heterocycles. The zero-order chi connectivity index (χ0) is 12.1. The van der Waals surface area contributed by atoms with Crippen LogP contribution in [0.15, 0.2) is 0 Å². The van der Waals surface area contributed by atoms with Crippen molar-refractivity contribution in [2.45, 2.75) is 64.1 Å². The van der Waals surface area contributed by atoms with E-state index < -0.39 is 0 Å². The summed E-state index contributed by atoms with van der Waals surface area (Å²) in [5.74, 6) is 0. The molecule has 3 nitrogen and oxygen atoms in total. The molecule has 3 atom stereocenters. The molecule has 17 heavy (non-hydrogen) atoms. The Bertz CT molecular complexity index is 220. The third kappa shape index (κ3) is 3.67. The first-order valence-corrected chi connectivity index (χ1v) is 7.40. The van der Waals surface area contributed by atoms with E-state index in [1.54, 1.807) is 0 Å². The Morgan fingerprint density at radius 1 is 1.35 bits per heavy atom. The molecule has 0 aromatic rings. The number of morpholine rings is 1. The molecule has 0 radical (unpaired) electrons. The average molecular weight is 240 g/mol. The van der Waals surface area contributed by atoms with E-state index in [1.807, 2.05) is 0 Å². The van der Waals surface area contributed by atoms with Gasteiger partial charge in [-0.05, 0) is 32.7 Å². The Labute approximate surface area is 106 Å². The van der Waals surface area contributed by atoms with Crippen LogP contribution in [0.3, 0.4) is 0 Å². The van der Waals surface area contributed by atoms with Crippen LogP contribution in [0.25, 0.3) is 0 Å². The summed E-state index contributed by atoms with van der Waals surface area (Å²) in [6, 6.07) is 1.30. The van der Waals surface area contributed by atoms with E-state index in [-0.39, 0.29) is 0 Å². The summed E-state index contributed by atoms with van der Waals surface area (Å²) < 4.78 is 5.91. The lowest BCUT2D eigenvalue weighted by Crippen LogP contribution is -2.55. The highest BCUT2D eigenvalue weighted by Gasteiger charge is 2.34. The van der Waals surface area contributed by atoms with Crippen molar-refractivity contribution < 1.29 is 4.74 Å². The van der Waals surface area contributed by atoms with Crippen LogP contribution in [0, 0.1) is 0 Å². The zero-order valence-corrected chi connectivity index (χ0v) is 11.5. The third-order valence-corrected chi connectivity index (χ3v) is 4.10. The number of nitrogens with zero attached hydrogens (tertiary/aromatic N) is 1. The van der Waals surface area contributed by atoms with Crippen LogP contribution in [-0.2, 0) is 4.74 Å². The van der Waals surface area contributed by atoms with Crippen LogP contribution >= 0.6 is 0 Å². The quantitative estimate of drug-likeness (QED) is 0.795. The number of hydrogen-bond donors (Lipinski definition) is 1. The van der Waals surface area contributed by atoms with Gasteiger partial charge in [0.05, 0.1) is 12.7 Å². The molecule has 2 rings (SSSR count). The number of rotatable bonds is 5. The molecule has 1 N–H and O–H groups in total. The summed E-state index contributed by atoms with van der Waals surface area (Å²) in [7, 11) is 0. The second-order valence-electron chi connectivity index (χ2n) is 5.61. The molecular formula is C14H28N2O. The van der Waals surface area contributed by atoms with E-state index in [1.165, 1.54) is 38.6 Å². The second kappa shape index (κ2) is 6.72. The first-order chi connectivity index (χ1) is 8.31. The Hall–Kier alpha value is -0.120. The van der Waals surface area contributed by atoms with Crippen LogP contribution in [0.5, 0.6) is 0 Å². The van der Waals surface area contributed by atoms with Gasteiger partial charge in [-0.15, -0.1) is 0 Å². The van der Waals surface area contributed by atoms with Gasteiger partial charge in [-0.3, -0.25) is 4.90 Å². The van der Waals surface area contributed by atoms with Crippen LogP contribution in [0.4, 0.5) is 0 Å². The minimum Gasteiger partial charge on any atom is -0.375 e. The van der Waals surface area contributed by atoms with Gasteiger partial charge < -0.3 is 10.1 Å². The van der Waals surface area contributed by atoms with Gasteiger partial charge in [-0.2, -0.15) is 0 Å². The largest absolute Gasteiger partial charge is 0.375 e. The second-order valence-corrected chi connectivity index (χ2v) is 5.61. The lowest BCUT2D eigenvalue weighted by Gasteiger charge is -2.44. The Morgan fingerprint density at radius 3 is 3.00 bits per heavy atom. The van der Waals surface area contributed by atoms with Gasteiger partial charge in [0.25, 0.3) is 0 Å². The highest BCUT2D eigenvalue weighted by atomic mass is 16.5. The van der Waals surface area contributed by atoms with Crippen molar-refractivity contribution in [3.05, 3.63) is 0 Å². The fraction of sp³-hybridized carbons (Fsp3) is 1.00. The number of ether oxygens (including phenoxy) is 1. The molecule has 1 aliphatic carbocycles. The molecule has 1 saturated heterocycles.